The van der Waals surface area contributed by atoms with Crippen molar-refractivity contribution in [1.29, 1.82) is 0 Å². The lowest BCUT2D eigenvalue weighted by molar-refractivity contribution is -0.147. The molecule has 2 aromatic carbocycles. The van der Waals surface area contributed by atoms with Crippen LogP contribution in [0.2, 0.25) is 5.02 Å². The van der Waals surface area contributed by atoms with E-state index in [0.717, 1.165) is 18.4 Å². The molecule has 2 amide bonds. The molecule has 0 N–H and O–H groups in total. The molecule has 0 aromatic heterocycles. The zero-order valence-electron chi connectivity index (χ0n) is 21.3. The highest BCUT2D eigenvalue weighted by atomic mass is 35.5. The smallest absolute Gasteiger partial charge is 0.248 e. The molecule has 2 aromatic rings. The molecule has 5 nitrogen and oxygen atoms in total. The number of hydrogen-bond acceptors (Lipinski definition) is 3. The van der Waals surface area contributed by atoms with E-state index in [-0.39, 0.29) is 56.4 Å². The SMILES string of the molecule is CN(Cc1ccccc1)C(=O)C[C@]1(COc2cccc(Cl)c2)CCCN(C(=O)C2CCC(F)(F)CC2)C1. The molecule has 8 heteroatoms. The molecule has 2 aliphatic rings. The van der Waals surface area contributed by atoms with Crippen molar-refractivity contribution in [3.8, 4) is 5.75 Å². The van der Waals surface area contributed by atoms with Gasteiger partial charge in [-0.2, -0.15) is 0 Å². The Bertz CT molecular complexity index is 1070. The van der Waals surface area contributed by atoms with Gasteiger partial charge in [0.25, 0.3) is 0 Å². The van der Waals surface area contributed by atoms with Crippen molar-refractivity contribution in [2.45, 2.75) is 57.4 Å². The van der Waals surface area contributed by atoms with E-state index in [1.54, 1.807) is 35.0 Å². The Morgan fingerprint density at radius 1 is 1.08 bits per heavy atom. The lowest BCUT2D eigenvalue weighted by Gasteiger charge is -2.44. The summed E-state index contributed by atoms with van der Waals surface area (Å²) in [6.07, 6.45) is 1.59. The maximum Gasteiger partial charge on any atom is 0.248 e. The van der Waals surface area contributed by atoms with Crippen LogP contribution >= 0.6 is 11.6 Å². The maximum absolute atomic E-state index is 13.7. The van der Waals surface area contributed by atoms with Crippen molar-refractivity contribution in [3.63, 3.8) is 0 Å². The van der Waals surface area contributed by atoms with Crippen LogP contribution in [0.3, 0.4) is 0 Å². The molecular formula is C29H35ClF2N2O3. The highest BCUT2D eigenvalue weighted by Gasteiger charge is 2.44. The molecule has 0 unspecified atom stereocenters. The van der Waals surface area contributed by atoms with Gasteiger partial charge in [0.1, 0.15) is 5.75 Å². The molecule has 37 heavy (non-hydrogen) atoms. The largest absolute Gasteiger partial charge is 0.493 e. The van der Waals surface area contributed by atoms with Gasteiger partial charge in [-0.15, -0.1) is 0 Å². The Morgan fingerprint density at radius 3 is 2.51 bits per heavy atom. The molecule has 1 aliphatic carbocycles. The van der Waals surface area contributed by atoms with Crippen LogP contribution in [0.4, 0.5) is 8.78 Å². The monoisotopic (exact) mass is 532 g/mol. The van der Waals surface area contributed by atoms with E-state index in [1.165, 1.54) is 0 Å². The Hall–Kier alpha value is -2.67. The Balaban J connectivity index is 1.48. The van der Waals surface area contributed by atoms with Crippen molar-refractivity contribution in [1.82, 2.24) is 9.80 Å². The van der Waals surface area contributed by atoms with Gasteiger partial charge in [-0.25, -0.2) is 8.78 Å². The van der Waals surface area contributed by atoms with Gasteiger partial charge in [-0.1, -0.05) is 48.0 Å². The molecule has 0 spiro atoms. The summed E-state index contributed by atoms with van der Waals surface area (Å²) < 4.78 is 33.5. The van der Waals surface area contributed by atoms with Crippen molar-refractivity contribution in [3.05, 3.63) is 65.2 Å². The predicted molar refractivity (Wildman–Crippen MR) is 140 cm³/mol. The first-order valence-electron chi connectivity index (χ1n) is 13.0. The van der Waals surface area contributed by atoms with Crippen LogP contribution in [-0.2, 0) is 16.1 Å². The summed E-state index contributed by atoms with van der Waals surface area (Å²) in [4.78, 5) is 30.2. The zero-order chi connectivity index (χ0) is 26.5. The van der Waals surface area contributed by atoms with Gasteiger partial charge in [0.2, 0.25) is 17.7 Å². The fourth-order valence-electron chi connectivity index (χ4n) is 5.45. The third-order valence-corrected chi connectivity index (χ3v) is 7.83. The highest BCUT2D eigenvalue weighted by Crippen LogP contribution is 2.40. The first kappa shape index (κ1) is 27.4. The Kier molecular flexibility index (Phi) is 8.73. The molecule has 0 radical (unpaired) electrons. The van der Waals surface area contributed by atoms with E-state index in [1.807, 2.05) is 36.4 Å². The van der Waals surface area contributed by atoms with E-state index in [0.29, 0.717) is 30.4 Å². The third kappa shape index (κ3) is 7.44. The quantitative estimate of drug-likeness (QED) is 0.406. The summed E-state index contributed by atoms with van der Waals surface area (Å²) >= 11 is 6.13. The lowest BCUT2D eigenvalue weighted by Crippen LogP contribution is -2.52. The van der Waals surface area contributed by atoms with Crippen LogP contribution < -0.4 is 4.74 Å². The number of piperidine rings is 1. The molecule has 0 bridgehead atoms. The number of rotatable bonds is 8. The van der Waals surface area contributed by atoms with Crippen molar-refractivity contribution in [2.75, 3.05) is 26.7 Å². The number of amides is 2. The van der Waals surface area contributed by atoms with Crippen molar-refractivity contribution < 1.29 is 23.1 Å². The van der Waals surface area contributed by atoms with Gasteiger partial charge >= 0.3 is 0 Å². The van der Waals surface area contributed by atoms with E-state index in [9.17, 15) is 18.4 Å². The van der Waals surface area contributed by atoms with Gasteiger partial charge in [0, 0.05) is 62.3 Å². The average Bonchev–Trinajstić information content (AvgIpc) is 2.88. The number of carbonyl (C=O) groups is 2. The van der Waals surface area contributed by atoms with Crippen LogP contribution in [0.5, 0.6) is 5.75 Å². The number of carbonyl (C=O) groups excluding carboxylic acids is 2. The predicted octanol–water partition coefficient (Wildman–Crippen LogP) is 6.20. The first-order chi connectivity index (χ1) is 17.6. The molecule has 1 saturated carbocycles. The van der Waals surface area contributed by atoms with Crippen LogP contribution in [0.25, 0.3) is 0 Å². The van der Waals surface area contributed by atoms with E-state index in [4.69, 9.17) is 16.3 Å². The average molecular weight is 533 g/mol. The molecule has 2 fully saturated rings. The second-order valence-electron chi connectivity index (χ2n) is 10.7. The minimum absolute atomic E-state index is 0.0230. The van der Waals surface area contributed by atoms with Crippen LogP contribution in [0, 0.1) is 11.3 Å². The normalized spacial score (nSPS) is 21.9. The summed E-state index contributed by atoms with van der Waals surface area (Å²) in [6, 6.07) is 16.9. The van der Waals surface area contributed by atoms with E-state index < -0.39 is 11.3 Å². The first-order valence-corrected chi connectivity index (χ1v) is 13.4. The number of alkyl halides is 2. The topological polar surface area (TPSA) is 49.9 Å². The number of hydrogen-bond donors (Lipinski definition) is 0. The van der Waals surface area contributed by atoms with Gasteiger partial charge in [-0.05, 0) is 49.4 Å². The third-order valence-electron chi connectivity index (χ3n) is 7.60. The molecule has 1 heterocycles. The van der Waals surface area contributed by atoms with Gasteiger partial charge < -0.3 is 14.5 Å². The number of benzene rings is 2. The minimum atomic E-state index is -2.68. The second kappa shape index (κ2) is 11.8. The van der Waals surface area contributed by atoms with Crippen LogP contribution in [0.1, 0.15) is 50.5 Å². The Morgan fingerprint density at radius 2 is 1.81 bits per heavy atom. The number of nitrogens with zero attached hydrogens (tertiary/aromatic N) is 2. The molecule has 4 rings (SSSR count). The van der Waals surface area contributed by atoms with Crippen LogP contribution in [0.15, 0.2) is 54.6 Å². The summed E-state index contributed by atoms with van der Waals surface area (Å²) in [6.45, 7) is 1.68. The van der Waals surface area contributed by atoms with E-state index >= 15 is 0 Å². The van der Waals surface area contributed by atoms with Gasteiger partial charge in [-0.3, -0.25) is 9.59 Å². The molecule has 1 atom stereocenters. The number of halogens is 3. The van der Waals surface area contributed by atoms with Gasteiger partial charge in [0.05, 0.1) is 6.61 Å². The summed E-state index contributed by atoms with van der Waals surface area (Å²) in [5.41, 5.74) is 0.453. The molecule has 200 valence electrons. The van der Waals surface area contributed by atoms with Gasteiger partial charge in [0.15, 0.2) is 0 Å². The minimum Gasteiger partial charge on any atom is -0.493 e. The fraction of sp³-hybridized carbons (Fsp3) is 0.517. The number of likely N-dealkylation sites (tertiary alicyclic amines) is 1. The summed E-state index contributed by atoms with van der Waals surface area (Å²) in [5.74, 6) is -2.56. The summed E-state index contributed by atoms with van der Waals surface area (Å²) in [7, 11) is 1.79. The van der Waals surface area contributed by atoms with Crippen molar-refractivity contribution >= 4 is 23.4 Å². The highest BCUT2D eigenvalue weighted by molar-refractivity contribution is 6.30. The van der Waals surface area contributed by atoms with Crippen molar-refractivity contribution in [2.24, 2.45) is 11.3 Å². The molecule has 1 saturated heterocycles. The molecular weight excluding hydrogens is 498 g/mol. The van der Waals surface area contributed by atoms with E-state index in [2.05, 4.69) is 0 Å². The molecule has 1 aliphatic heterocycles. The maximum atomic E-state index is 13.7. The number of ether oxygens (including phenoxy) is 1. The lowest BCUT2D eigenvalue weighted by atomic mass is 9.76. The standard InChI is InChI=1S/C29H35ClF2N2O3/c1-33(19-22-7-3-2-4-8-22)26(35)18-28(21-37-25-10-5-9-24(30)17-25)13-6-16-34(20-28)27(36)23-11-14-29(31,32)15-12-23/h2-5,7-10,17,23H,6,11-16,18-21H2,1H3/t28-/m1/s1. The fourth-order valence-corrected chi connectivity index (χ4v) is 5.63. The Labute approximate surface area is 222 Å². The zero-order valence-corrected chi connectivity index (χ0v) is 22.1. The van der Waals surface area contributed by atoms with Crippen LogP contribution in [-0.4, -0.2) is 54.3 Å². The second-order valence-corrected chi connectivity index (χ2v) is 11.1. The summed E-state index contributed by atoms with van der Waals surface area (Å²) in [5, 5.41) is 0.555.